The summed E-state index contributed by atoms with van der Waals surface area (Å²) < 4.78 is 6.00. The number of rotatable bonds is 6. The number of carboxylic acids is 1. The van der Waals surface area contributed by atoms with Crippen molar-refractivity contribution in [3.8, 4) is 11.8 Å². The molecule has 1 aromatic heterocycles. The highest BCUT2D eigenvalue weighted by Crippen LogP contribution is 2.27. The zero-order valence-corrected chi connectivity index (χ0v) is 19.4. The van der Waals surface area contributed by atoms with Gasteiger partial charge in [0.25, 0.3) is 5.91 Å². The molecule has 2 aliphatic rings. The van der Waals surface area contributed by atoms with Crippen molar-refractivity contribution >= 4 is 29.4 Å². The molecule has 10 heteroatoms. The van der Waals surface area contributed by atoms with Gasteiger partial charge in [0.15, 0.2) is 0 Å². The monoisotopic (exact) mass is 483 g/mol. The molecule has 2 fully saturated rings. The van der Waals surface area contributed by atoms with Crippen molar-refractivity contribution in [2.24, 2.45) is 5.92 Å². The molecule has 1 saturated carbocycles. The van der Waals surface area contributed by atoms with E-state index in [0.717, 1.165) is 25.7 Å². The van der Waals surface area contributed by atoms with Crippen LogP contribution in [0.1, 0.15) is 54.4 Å². The molecule has 0 spiro atoms. The first-order valence-corrected chi connectivity index (χ1v) is 11.8. The topological polar surface area (TPSA) is 128 Å². The van der Waals surface area contributed by atoms with E-state index in [1.807, 2.05) is 11.0 Å². The molecule has 0 radical (unpaired) electrons. The number of aliphatic carboxylic acids is 1. The molecule has 2 N–H and O–H groups in total. The van der Waals surface area contributed by atoms with E-state index in [2.05, 4.69) is 15.3 Å². The van der Waals surface area contributed by atoms with E-state index < -0.39 is 5.97 Å². The predicted octanol–water partition coefficient (Wildman–Crippen LogP) is 3.42. The van der Waals surface area contributed by atoms with Crippen molar-refractivity contribution in [1.82, 2.24) is 15.3 Å². The molecule has 1 aliphatic carbocycles. The van der Waals surface area contributed by atoms with Crippen molar-refractivity contribution in [2.75, 3.05) is 18.0 Å². The maximum absolute atomic E-state index is 12.6. The third kappa shape index (κ3) is 5.75. The number of benzene rings is 1. The third-order valence-electron chi connectivity index (χ3n) is 6.40. The molecule has 1 saturated heterocycles. The molecule has 4 rings (SSSR count). The van der Waals surface area contributed by atoms with E-state index in [1.165, 1.54) is 12.4 Å². The minimum Gasteiger partial charge on any atom is -0.490 e. The molecule has 2 aromatic rings. The Morgan fingerprint density at radius 1 is 1.12 bits per heavy atom. The standard InChI is InChI=1S/C24H26ClN5O4/c25-21-11-20(4-1-16(21)12-26)34-19-5-2-18(3-6-19)29-22(31)17-13-27-24(28-14-17)30-9-7-15(8-10-30)23(32)33/h1,4,11,13-15,18-19H,2-3,5-10H2,(H,29,31)(H,32,33). The summed E-state index contributed by atoms with van der Waals surface area (Å²) >= 11 is 6.07. The van der Waals surface area contributed by atoms with Gasteiger partial charge in [-0.05, 0) is 50.7 Å². The van der Waals surface area contributed by atoms with E-state index in [-0.39, 0.29) is 24.0 Å². The number of amides is 1. The van der Waals surface area contributed by atoms with Crippen LogP contribution in [0.25, 0.3) is 0 Å². The molecule has 0 unspecified atom stereocenters. The van der Waals surface area contributed by atoms with Gasteiger partial charge in [-0.3, -0.25) is 9.59 Å². The number of hydrogen-bond donors (Lipinski definition) is 2. The SMILES string of the molecule is N#Cc1ccc(OC2CCC(NC(=O)c3cnc(N4CCC(C(=O)O)CC4)nc3)CC2)cc1Cl. The fraction of sp³-hybridized carbons (Fsp3) is 0.458. The van der Waals surface area contributed by atoms with Crippen LogP contribution in [-0.2, 0) is 4.79 Å². The Balaban J connectivity index is 1.23. The Morgan fingerprint density at radius 3 is 2.38 bits per heavy atom. The first kappa shape index (κ1) is 23.8. The normalized spacial score (nSPS) is 20.9. The van der Waals surface area contributed by atoms with Crippen molar-refractivity contribution < 1.29 is 19.4 Å². The van der Waals surface area contributed by atoms with Crippen molar-refractivity contribution in [1.29, 1.82) is 5.26 Å². The number of halogens is 1. The molecular formula is C24H26ClN5O4. The average molecular weight is 484 g/mol. The number of anilines is 1. The van der Waals surface area contributed by atoms with Gasteiger partial charge < -0.3 is 20.1 Å². The Kier molecular flexibility index (Phi) is 7.48. The van der Waals surface area contributed by atoms with Crippen LogP contribution >= 0.6 is 11.6 Å². The molecule has 1 aliphatic heterocycles. The molecule has 34 heavy (non-hydrogen) atoms. The van der Waals surface area contributed by atoms with Gasteiger partial charge in [-0.1, -0.05) is 11.6 Å². The van der Waals surface area contributed by atoms with Gasteiger partial charge in [0.2, 0.25) is 5.95 Å². The first-order valence-electron chi connectivity index (χ1n) is 11.4. The fourth-order valence-corrected chi connectivity index (χ4v) is 4.59. The lowest BCUT2D eigenvalue weighted by atomic mass is 9.92. The number of ether oxygens (including phenoxy) is 1. The molecule has 0 bridgehead atoms. The Hall–Kier alpha value is -3.38. The predicted molar refractivity (Wildman–Crippen MR) is 125 cm³/mol. The summed E-state index contributed by atoms with van der Waals surface area (Å²) in [7, 11) is 0. The van der Waals surface area contributed by atoms with E-state index >= 15 is 0 Å². The molecule has 9 nitrogen and oxygen atoms in total. The van der Waals surface area contributed by atoms with Crippen LogP contribution in [0.3, 0.4) is 0 Å². The van der Waals surface area contributed by atoms with Gasteiger partial charge >= 0.3 is 5.97 Å². The van der Waals surface area contributed by atoms with Gasteiger partial charge in [0.05, 0.1) is 28.2 Å². The quantitative estimate of drug-likeness (QED) is 0.639. The number of carbonyl (C=O) groups is 2. The number of carbonyl (C=O) groups excluding carboxylic acids is 1. The van der Waals surface area contributed by atoms with Gasteiger partial charge in [0.1, 0.15) is 11.8 Å². The summed E-state index contributed by atoms with van der Waals surface area (Å²) in [6, 6.07) is 7.13. The second-order valence-electron chi connectivity index (χ2n) is 8.69. The van der Waals surface area contributed by atoms with E-state index in [9.17, 15) is 9.59 Å². The second-order valence-corrected chi connectivity index (χ2v) is 9.10. The van der Waals surface area contributed by atoms with Gasteiger partial charge in [0, 0.05) is 37.6 Å². The van der Waals surface area contributed by atoms with Crippen LogP contribution in [0.5, 0.6) is 5.75 Å². The number of nitriles is 1. The smallest absolute Gasteiger partial charge is 0.306 e. The minimum absolute atomic E-state index is 0.0324. The Morgan fingerprint density at radius 2 is 1.79 bits per heavy atom. The second kappa shape index (κ2) is 10.7. The van der Waals surface area contributed by atoms with Gasteiger partial charge in [-0.25, -0.2) is 9.97 Å². The molecule has 178 valence electrons. The van der Waals surface area contributed by atoms with Crippen LogP contribution in [0.4, 0.5) is 5.95 Å². The van der Waals surface area contributed by atoms with E-state index in [0.29, 0.717) is 53.8 Å². The van der Waals surface area contributed by atoms with Crippen LogP contribution in [0.2, 0.25) is 5.02 Å². The van der Waals surface area contributed by atoms with Gasteiger partial charge in [-0.15, -0.1) is 0 Å². The van der Waals surface area contributed by atoms with Gasteiger partial charge in [-0.2, -0.15) is 5.26 Å². The zero-order chi connectivity index (χ0) is 24.1. The van der Waals surface area contributed by atoms with Crippen LogP contribution in [-0.4, -0.2) is 52.2 Å². The van der Waals surface area contributed by atoms with Crippen LogP contribution in [0, 0.1) is 17.2 Å². The van der Waals surface area contributed by atoms with Crippen molar-refractivity contribution in [2.45, 2.75) is 50.7 Å². The summed E-state index contributed by atoms with van der Waals surface area (Å²) in [5, 5.41) is 21.5. The number of nitrogens with zero attached hydrogens (tertiary/aromatic N) is 4. The largest absolute Gasteiger partial charge is 0.490 e. The van der Waals surface area contributed by atoms with Crippen molar-refractivity contribution in [3.63, 3.8) is 0 Å². The molecule has 1 amide bonds. The number of carboxylic acid groups (broad SMARTS) is 1. The lowest BCUT2D eigenvalue weighted by molar-refractivity contribution is -0.142. The maximum atomic E-state index is 12.6. The average Bonchev–Trinajstić information content (AvgIpc) is 2.85. The lowest BCUT2D eigenvalue weighted by Crippen LogP contribution is -2.40. The number of nitrogens with one attached hydrogen (secondary N) is 1. The molecule has 0 atom stereocenters. The van der Waals surface area contributed by atoms with E-state index in [4.69, 9.17) is 26.7 Å². The Labute approximate surface area is 202 Å². The summed E-state index contributed by atoms with van der Waals surface area (Å²) in [5.74, 6) is -0.128. The maximum Gasteiger partial charge on any atom is 0.306 e. The van der Waals surface area contributed by atoms with Crippen LogP contribution in [0.15, 0.2) is 30.6 Å². The highest BCUT2D eigenvalue weighted by molar-refractivity contribution is 6.31. The number of hydrogen-bond acceptors (Lipinski definition) is 7. The fourth-order valence-electron chi connectivity index (χ4n) is 4.37. The van der Waals surface area contributed by atoms with E-state index in [1.54, 1.807) is 18.2 Å². The highest BCUT2D eigenvalue weighted by Gasteiger charge is 2.27. The minimum atomic E-state index is -0.758. The zero-order valence-electron chi connectivity index (χ0n) is 18.6. The molecule has 1 aromatic carbocycles. The first-order chi connectivity index (χ1) is 16.4. The lowest BCUT2D eigenvalue weighted by Gasteiger charge is -2.30. The summed E-state index contributed by atoms with van der Waals surface area (Å²) in [4.78, 5) is 34.3. The summed E-state index contributed by atoms with van der Waals surface area (Å²) in [6.45, 7) is 1.17. The summed E-state index contributed by atoms with van der Waals surface area (Å²) in [5.41, 5.74) is 0.815. The van der Waals surface area contributed by atoms with Crippen LogP contribution < -0.4 is 15.0 Å². The highest BCUT2D eigenvalue weighted by atomic mass is 35.5. The number of aromatic nitrogens is 2. The van der Waals surface area contributed by atoms with Crippen molar-refractivity contribution in [3.05, 3.63) is 46.7 Å². The molecular weight excluding hydrogens is 458 g/mol. The summed E-state index contributed by atoms with van der Waals surface area (Å²) in [6.07, 6.45) is 7.36. The number of piperidine rings is 1. The third-order valence-corrected chi connectivity index (χ3v) is 6.71. The Bertz CT molecular complexity index is 1070. The molecule has 2 heterocycles.